The van der Waals surface area contributed by atoms with Crippen LogP contribution in [0.5, 0.6) is 17.2 Å². The molecule has 0 saturated heterocycles. The van der Waals surface area contributed by atoms with E-state index in [4.69, 9.17) is 14.2 Å². The predicted octanol–water partition coefficient (Wildman–Crippen LogP) is 5.13. The lowest BCUT2D eigenvalue weighted by atomic mass is 10.0. The first-order chi connectivity index (χ1) is 14.5. The Labute approximate surface area is 180 Å². The van der Waals surface area contributed by atoms with E-state index in [1.807, 2.05) is 30.5 Å². The van der Waals surface area contributed by atoms with Crippen LogP contribution in [-0.2, 0) is 6.42 Å². The number of aryl methyl sites for hydroxylation is 1. The van der Waals surface area contributed by atoms with Crippen molar-refractivity contribution in [2.24, 2.45) is 0 Å². The summed E-state index contributed by atoms with van der Waals surface area (Å²) in [7, 11) is 4.74. The molecule has 30 heavy (non-hydrogen) atoms. The summed E-state index contributed by atoms with van der Waals surface area (Å²) >= 11 is 1.35. The summed E-state index contributed by atoms with van der Waals surface area (Å²) in [5.41, 5.74) is 4.00. The molecule has 3 aromatic rings. The molecule has 0 fully saturated rings. The van der Waals surface area contributed by atoms with Crippen LogP contribution >= 0.6 is 11.3 Å². The smallest absolute Gasteiger partial charge is 0.257 e. The Bertz CT molecular complexity index is 1080. The van der Waals surface area contributed by atoms with Gasteiger partial charge in [-0.25, -0.2) is 4.98 Å². The third-order valence-corrected chi connectivity index (χ3v) is 5.30. The number of allylic oxidation sites excluding steroid dienone is 1. The summed E-state index contributed by atoms with van der Waals surface area (Å²) < 4.78 is 16.3. The Kier molecular flexibility index (Phi) is 6.74. The molecule has 1 N–H and O–H groups in total. The second kappa shape index (κ2) is 9.45. The first-order valence-electron chi connectivity index (χ1n) is 9.28. The van der Waals surface area contributed by atoms with Crippen LogP contribution in [-0.4, -0.2) is 32.2 Å². The highest BCUT2D eigenvalue weighted by molar-refractivity contribution is 7.14. The van der Waals surface area contributed by atoms with Crippen LogP contribution in [0.25, 0.3) is 11.3 Å². The molecule has 6 nitrogen and oxygen atoms in total. The number of aromatic nitrogens is 1. The molecule has 0 bridgehead atoms. The molecule has 2 aromatic carbocycles. The number of carbonyl (C=O) groups is 1. The first kappa shape index (κ1) is 21.4. The number of carbonyl (C=O) groups excluding carboxylic acids is 1. The zero-order chi connectivity index (χ0) is 21.7. The van der Waals surface area contributed by atoms with Gasteiger partial charge in [-0.2, -0.15) is 0 Å². The molecule has 1 heterocycles. The fourth-order valence-electron chi connectivity index (χ4n) is 3.13. The maximum atomic E-state index is 12.9. The average molecular weight is 425 g/mol. The van der Waals surface area contributed by atoms with Gasteiger partial charge in [0.05, 0.1) is 27.0 Å². The minimum absolute atomic E-state index is 0.279. The molecule has 0 saturated carbocycles. The molecule has 3 rings (SSSR count). The quantitative estimate of drug-likeness (QED) is 0.508. The average Bonchev–Trinajstić information content (AvgIpc) is 3.21. The Morgan fingerprint density at radius 1 is 1.13 bits per heavy atom. The maximum absolute atomic E-state index is 12.9. The van der Waals surface area contributed by atoms with Gasteiger partial charge in [-0.05, 0) is 37.6 Å². The van der Waals surface area contributed by atoms with Crippen molar-refractivity contribution in [1.82, 2.24) is 4.98 Å². The molecule has 0 aliphatic rings. The normalized spacial score (nSPS) is 10.4. The van der Waals surface area contributed by atoms with Crippen molar-refractivity contribution in [1.29, 1.82) is 0 Å². The summed E-state index contributed by atoms with van der Waals surface area (Å²) in [5.74, 6) is 1.54. The van der Waals surface area contributed by atoms with Gasteiger partial charge in [0.15, 0.2) is 16.6 Å². The molecule has 0 atom stereocenters. The van der Waals surface area contributed by atoms with Gasteiger partial charge in [0.25, 0.3) is 5.91 Å². The molecule has 1 amide bonds. The van der Waals surface area contributed by atoms with E-state index >= 15 is 0 Å². The van der Waals surface area contributed by atoms with Gasteiger partial charge in [0.1, 0.15) is 5.75 Å². The lowest BCUT2D eigenvalue weighted by Gasteiger charge is -2.14. The minimum Gasteiger partial charge on any atom is -0.496 e. The van der Waals surface area contributed by atoms with Crippen LogP contribution in [0, 0.1) is 6.92 Å². The van der Waals surface area contributed by atoms with Gasteiger partial charge in [0.2, 0.25) is 0 Å². The molecule has 7 heteroatoms. The first-order valence-corrected chi connectivity index (χ1v) is 10.2. The van der Waals surface area contributed by atoms with Gasteiger partial charge in [-0.1, -0.05) is 17.7 Å². The fraction of sp³-hybridized carbons (Fsp3) is 0.217. The Morgan fingerprint density at radius 3 is 2.57 bits per heavy atom. The monoisotopic (exact) mass is 424 g/mol. The van der Waals surface area contributed by atoms with Gasteiger partial charge < -0.3 is 14.2 Å². The standard InChI is InChI=1S/C23H24N2O4S/c1-6-7-15-11-16(12-20(28-4)21(15)29-5)22(26)25-23-24-18(13-30-23)17-10-14(2)8-9-19(17)27-3/h6,8-13H,1,7H2,2-5H3,(H,24,25,26). The van der Waals surface area contributed by atoms with Crippen molar-refractivity contribution >= 4 is 22.4 Å². The summed E-state index contributed by atoms with van der Waals surface area (Å²) in [6.45, 7) is 5.78. The number of ether oxygens (including phenoxy) is 3. The Balaban J connectivity index is 1.88. The lowest BCUT2D eigenvalue weighted by Crippen LogP contribution is -2.13. The molecule has 0 aliphatic heterocycles. The summed E-state index contributed by atoms with van der Waals surface area (Å²) in [5, 5.41) is 5.26. The van der Waals surface area contributed by atoms with E-state index in [1.165, 1.54) is 11.3 Å². The van der Waals surface area contributed by atoms with Crippen LogP contribution in [0.4, 0.5) is 5.13 Å². The van der Waals surface area contributed by atoms with Crippen molar-refractivity contribution in [3.8, 4) is 28.5 Å². The number of nitrogens with zero attached hydrogens (tertiary/aromatic N) is 1. The zero-order valence-electron chi connectivity index (χ0n) is 17.4. The summed E-state index contributed by atoms with van der Waals surface area (Å²) in [4.78, 5) is 17.4. The number of anilines is 1. The van der Waals surface area contributed by atoms with Gasteiger partial charge in [0, 0.05) is 22.1 Å². The van der Waals surface area contributed by atoms with Crippen LogP contribution in [0.15, 0.2) is 48.4 Å². The third kappa shape index (κ3) is 4.46. The predicted molar refractivity (Wildman–Crippen MR) is 120 cm³/mol. The summed E-state index contributed by atoms with van der Waals surface area (Å²) in [6, 6.07) is 9.33. The highest BCUT2D eigenvalue weighted by Crippen LogP contribution is 2.35. The van der Waals surface area contributed by atoms with Crippen LogP contribution < -0.4 is 19.5 Å². The molecular formula is C23H24N2O4S. The second-order valence-electron chi connectivity index (χ2n) is 6.56. The number of rotatable bonds is 8. The number of hydrogen-bond donors (Lipinski definition) is 1. The van der Waals surface area contributed by atoms with E-state index < -0.39 is 0 Å². The molecule has 0 radical (unpaired) electrons. The van der Waals surface area contributed by atoms with Crippen LogP contribution in [0.2, 0.25) is 0 Å². The number of amides is 1. The van der Waals surface area contributed by atoms with E-state index in [-0.39, 0.29) is 5.91 Å². The molecule has 0 aliphatic carbocycles. The molecule has 0 unspecified atom stereocenters. The number of thiazole rings is 1. The van der Waals surface area contributed by atoms with Crippen molar-refractivity contribution < 1.29 is 19.0 Å². The van der Waals surface area contributed by atoms with Gasteiger partial charge in [-0.15, -0.1) is 17.9 Å². The van der Waals surface area contributed by atoms with Crippen LogP contribution in [0.3, 0.4) is 0 Å². The number of nitrogens with one attached hydrogen (secondary N) is 1. The number of methoxy groups -OCH3 is 3. The van der Waals surface area contributed by atoms with Crippen molar-refractivity contribution in [3.63, 3.8) is 0 Å². The molecular weight excluding hydrogens is 400 g/mol. The van der Waals surface area contributed by atoms with Crippen molar-refractivity contribution in [2.45, 2.75) is 13.3 Å². The fourth-order valence-corrected chi connectivity index (χ4v) is 3.83. The van der Waals surface area contributed by atoms with E-state index in [2.05, 4.69) is 16.9 Å². The van der Waals surface area contributed by atoms with E-state index in [1.54, 1.807) is 39.5 Å². The van der Waals surface area contributed by atoms with E-state index in [9.17, 15) is 4.79 Å². The van der Waals surface area contributed by atoms with E-state index in [0.29, 0.717) is 28.6 Å². The number of hydrogen-bond acceptors (Lipinski definition) is 6. The highest BCUT2D eigenvalue weighted by Gasteiger charge is 2.17. The topological polar surface area (TPSA) is 69.7 Å². The van der Waals surface area contributed by atoms with Crippen molar-refractivity contribution in [3.05, 3.63) is 65.1 Å². The third-order valence-electron chi connectivity index (χ3n) is 4.54. The lowest BCUT2D eigenvalue weighted by molar-refractivity contribution is 0.102. The zero-order valence-corrected chi connectivity index (χ0v) is 18.3. The highest BCUT2D eigenvalue weighted by atomic mass is 32.1. The Hall–Kier alpha value is -3.32. The SMILES string of the molecule is C=CCc1cc(C(=O)Nc2nc(-c3cc(C)ccc3OC)cs2)cc(OC)c1OC. The largest absolute Gasteiger partial charge is 0.496 e. The maximum Gasteiger partial charge on any atom is 0.257 e. The van der Waals surface area contributed by atoms with E-state index in [0.717, 1.165) is 28.1 Å². The van der Waals surface area contributed by atoms with Crippen molar-refractivity contribution in [2.75, 3.05) is 26.6 Å². The minimum atomic E-state index is -0.279. The van der Waals surface area contributed by atoms with Gasteiger partial charge >= 0.3 is 0 Å². The molecule has 1 aromatic heterocycles. The van der Waals surface area contributed by atoms with Gasteiger partial charge in [-0.3, -0.25) is 10.1 Å². The summed E-state index contributed by atoms with van der Waals surface area (Å²) in [6.07, 6.45) is 2.30. The van der Waals surface area contributed by atoms with Crippen LogP contribution in [0.1, 0.15) is 21.5 Å². The Morgan fingerprint density at radius 2 is 1.90 bits per heavy atom. The second-order valence-corrected chi connectivity index (χ2v) is 7.42. The molecule has 156 valence electrons. The molecule has 0 spiro atoms. The number of benzene rings is 2.